The van der Waals surface area contributed by atoms with E-state index in [1.807, 2.05) is 11.5 Å². The van der Waals surface area contributed by atoms with Crippen molar-refractivity contribution in [1.29, 1.82) is 0 Å². The topological polar surface area (TPSA) is 226 Å². The predicted octanol–water partition coefficient (Wildman–Crippen LogP) is 1.81. The van der Waals surface area contributed by atoms with Crippen LogP contribution < -0.4 is 16.2 Å². The molecule has 41 heavy (non-hydrogen) atoms. The second-order valence-corrected chi connectivity index (χ2v) is 7.22. The molecule has 0 aliphatic rings. The van der Waals surface area contributed by atoms with Gasteiger partial charge in [0.15, 0.2) is 23.1 Å². The van der Waals surface area contributed by atoms with Crippen LogP contribution in [0.5, 0.6) is 5.75 Å². The summed E-state index contributed by atoms with van der Waals surface area (Å²) in [4.78, 5) is 26.8. The summed E-state index contributed by atoms with van der Waals surface area (Å²) in [6.45, 7) is 3.52. The number of aliphatic carboxylic acids is 2. The molecule has 0 amide bonds. The Labute approximate surface area is 225 Å². The molecule has 0 atom stereocenters. The Morgan fingerprint density at radius 1 is 1.12 bits per heavy atom. The zero-order chi connectivity index (χ0) is 31.4. The van der Waals surface area contributed by atoms with Gasteiger partial charge in [0.25, 0.3) is 0 Å². The van der Waals surface area contributed by atoms with E-state index in [2.05, 4.69) is 32.1 Å². The maximum Gasteiger partial charge on any atom is 0.490 e. The van der Waals surface area contributed by atoms with Crippen molar-refractivity contribution in [1.82, 2.24) is 24.8 Å². The van der Waals surface area contributed by atoms with E-state index in [1.165, 1.54) is 0 Å². The summed E-state index contributed by atoms with van der Waals surface area (Å²) in [7, 11) is 0. The lowest BCUT2D eigenvalue weighted by atomic mass is 10.2. The van der Waals surface area contributed by atoms with E-state index in [0.717, 1.165) is 5.52 Å². The smallest absolute Gasteiger partial charge is 0.490 e. The summed E-state index contributed by atoms with van der Waals surface area (Å²) in [6.07, 6.45) is -7.49. The van der Waals surface area contributed by atoms with Crippen LogP contribution in [0.3, 0.4) is 0 Å². The molecule has 0 aliphatic carbocycles. The first-order chi connectivity index (χ1) is 19.1. The van der Waals surface area contributed by atoms with Gasteiger partial charge < -0.3 is 36.1 Å². The number of hydrogen-bond donors (Lipinski definition) is 5. The zero-order valence-electron chi connectivity index (χ0n) is 21.0. The number of aromatic nitrogens is 5. The number of nitrogens with zero attached hydrogens (tertiary/aromatic N) is 5. The number of alkyl halides is 6. The van der Waals surface area contributed by atoms with Crippen molar-refractivity contribution in [3.63, 3.8) is 0 Å². The van der Waals surface area contributed by atoms with Crippen LogP contribution in [0.1, 0.15) is 25.5 Å². The molecule has 20 heteroatoms. The Bertz CT molecular complexity index is 1350. The summed E-state index contributed by atoms with van der Waals surface area (Å²) in [5.41, 5.74) is 13.5. The number of anilines is 1. The number of hydrogen-bond acceptors (Lipinski definition) is 11. The lowest BCUT2D eigenvalue weighted by Crippen LogP contribution is -2.21. The Kier molecular flexibility index (Phi) is 12.8. The van der Waals surface area contributed by atoms with Crippen molar-refractivity contribution < 1.29 is 60.6 Å². The van der Waals surface area contributed by atoms with Crippen molar-refractivity contribution in [3.05, 3.63) is 11.9 Å². The number of fused-ring (bicyclic) bond motifs is 1. The third-order valence-corrected chi connectivity index (χ3v) is 4.31. The average molecular weight is 599 g/mol. The minimum absolute atomic E-state index is 0.0216. The summed E-state index contributed by atoms with van der Waals surface area (Å²) < 4.78 is 76.0. The molecule has 3 aromatic heterocycles. The SMILES string of the molecule is CCn1c(-c2nonc2N)nc2c(C#CCCO)ncc(OCCCN)c21.O=C(O)C(F)(F)F.O=C(O)C(F)(F)F. The standard InChI is InChI=1S/C17H21N7O3.2C2HF3O2/c1-2-24-15-12(26-9-5-7-18)10-20-11(6-3-4-8-25)13(15)21-17(24)14-16(19)23-27-22-14;2*3-2(4,5)1(6)7/h10,25H,2,4-5,7-9,18H2,1H3,(H2,19,23);2*(H,6,7). The largest absolute Gasteiger partial charge is 0.490 e. The number of carbonyl (C=O) groups is 2. The average Bonchev–Trinajstić information content (AvgIpc) is 3.48. The van der Waals surface area contributed by atoms with E-state index >= 15 is 0 Å². The van der Waals surface area contributed by atoms with Crippen molar-refractivity contribution >= 4 is 28.8 Å². The van der Waals surface area contributed by atoms with Crippen LogP contribution >= 0.6 is 0 Å². The molecule has 3 heterocycles. The molecule has 0 aromatic carbocycles. The fraction of sp³-hybridized carbons (Fsp3) is 0.429. The minimum atomic E-state index is -5.08. The molecule has 3 rings (SSSR count). The van der Waals surface area contributed by atoms with Crippen LogP contribution in [0.2, 0.25) is 0 Å². The fourth-order valence-electron chi connectivity index (χ4n) is 2.62. The molecule has 7 N–H and O–H groups in total. The van der Waals surface area contributed by atoms with Gasteiger partial charge in [0.2, 0.25) is 0 Å². The molecular weight excluding hydrogens is 576 g/mol. The second-order valence-electron chi connectivity index (χ2n) is 7.22. The third-order valence-electron chi connectivity index (χ3n) is 4.31. The number of ether oxygens (including phenoxy) is 1. The highest BCUT2D eigenvalue weighted by molar-refractivity contribution is 5.89. The summed E-state index contributed by atoms with van der Waals surface area (Å²) in [6, 6.07) is 0. The number of aliphatic hydroxyl groups is 1. The second kappa shape index (κ2) is 15.2. The van der Waals surface area contributed by atoms with Gasteiger partial charge >= 0.3 is 24.3 Å². The number of rotatable bonds is 7. The van der Waals surface area contributed by atoms with Gasteiger partial charge in [-0.1, -0.05) is 5.92 Å². The summed E-state index contributed by atoms with van der Waals surface area (Å²) in [5.74, 6) is 1.51. The Morgan fingerprint density at radius 2 is 1.71 bits per heavy atom. The van der Waals surface area contributed by atoms with Gasteiger partial charge in [0, 0.05) is 13.0 Å². The van der Waals surface area contributed by atoms with Gasteiger partial charge in [-0.2, -0.15) is 26.3 Å². The van der Waals surface area contributed by atoms with Crippen LogP contribution in [-0.4, -0.2) is 84.2 Å². The monoisotopic (exact) mass is 599 g/mol. The van der Waals surface area contributed by atoms with Gasteiger partial charge in [0.05, 0.1) is 19.4 Å². The van der Waals surface area contributed by atoms with E-state index in [0.29, 0.717) is 61.0 Å². The zero-order valence-corrected chi connectivity index (χ0v) is 21.0. The number of halogens is 6. The first-order valence-corrected chi connectivity index (χ1v) is 11.1. The van der Waals surface area contributed by atoms with Crippen molar-refractivity contribution in [3.8, 4) is 29.1 Å². The van der Waals surface area contributed by atoms with Crippen molar-refractivity contribution in [2.75, 3.05) is 25.5 Å². The van der Waals surface area contributed by atoms with E-state index < -0.39 is 24.3 Å². The molecule has 0 saturated carbocycles. The van der Waals surface area contributed by atoms with Crippen LogP contribution in [0, 0.1) is 11.8 Å². The maximum absolute atomic E-state index is 10.6. The van der Waals surface area contributed by atoms with Crippen molar-refractivity contribution in [2.24, 2.45) is 5.73 Å². The highest BCUT2D eigenvalue weighted by Gasteiger charge is 2.38. The van der Waals surface area contributed by atoms with Crippen LogP contribution in [0.15, 0.2) is 10.8 Å². The Hall–Kier alpha value is -4.64. The number of nitrogen functional groups attached to an aromatic ring is 1. The molecule has 14 nitrogen and oxygen atoms in total. The molecule has 0 unspecified atom stereocenters. The highest BCUT2D eigenvalue weighted by atomic mass is 19.4. The normalized spacial score (nSPS) is 11.0. The summed E-state index contributed by atoms with van der Waals surface area (Å²) >= 11 is 0. The molecular formula is C21H23F6N7O7. The fourth-order valence-corrected chi connectivity index (χ4v) is 2.62. The van der Waals surface area contributed by atoms with Gasteiger partial charge in [-0.15, -0.1) is 0 Å². The van der Waals surface area contributed by atoms with Gasteiger partial charge in [-0.05, 0) is 36.1 Å². The van der Waals surface area contributed by atoms with Gasteiger partial charge in [-0.3, -0.25) is 0 Å². The molecule has 3 aromatic rings. The van der Waals surface area contributed by atoms with Crippen molar-refractivity contribution in [2.45, 2.75) is 38.7 Å². The van der Waals surface area contributed by atoms with Crippen LogP contribution in [0.25, 0.3) is 22.6 Å². The molecule has 0 radical (unpaired) electrons. The number of pyridine rings is 1. The predicted molar refractivity (Wildman–Crippen MR) is 126 cm³/mol. The van der Waals surface area contributed by atoms with Crippen LogP contribution in [0.4, 0.5) is 32.2 Å². The van der Waals surface area contributed by atoms with E-state index in [1.54, 1.807) is 6.20 Å². The third kappa shape index (κ3) is 10.1. The van der Waals surface area contributed by atoms with E-state index in [9.17, 15) is 26.3 Å². The number of imidazole rings is 1. The quantitative estimate of drug-likeness (QED) is 0.149. The highest BCUT2D eigenvalue weighted by Crippen LogP contribution is 2.33. The molecule has 226 valence electrons. The molecule has 0 spiro atoms. The Balaban J connectivity index is 0.000000497. The van der Waals surface area contributed by atoms with E-state index in [-0.39, 0.29) is 12.4 Å². The van der Waals surface area contributed by atoms with E-state index in [4.69, 9.17) is 45.7 Å². The Morgan fingerprint density at radius 3 is 2.15 bits per heavy atom. The molecule has 0 bridgehead atoms. The van der Waals surface area contributed by atoms with Gasteiger partial charge in [-0.25, -0.2) is 24.2 Å². The number of aryl methyl sites for hydroxylation is 1. The number of carboxylic acids is 2. The molecule has 0 saturated heterocycles. The number of carboxylic acid groups (broad SMARTS) is 2. The first kappa shape index (κ1) is 34.4. The summed E-state index contributed by atoms with van der Waals surface area (Å²) in [5, 5.41) is 30.7. The van der Waals surface area contributed by atoms with Crippen LogP contribution in [-0.2, 0) is 16.1 Å². The lowest BCUT2D eigenvalue weighted by molar-refractivity contribution is -0.193. The maximum atomic E-state index is 10.6. The number of nitrogens with two attached hydrogens (primary N) is 2. The van der Waals surface area contributed by atoms with Gasteiger partial charge in [0.1, 0.15) is 16.7 Å². The first-order valence-electron chi connectivity index (χ1n) is 11.1. The molecule has 0 fully saturated rings. The number of aliphatic hydroxyl groups excluding tert-OH is 1. The lowest BCUT2D eigenvalue weighted by Gasteiger charge is -2.10. The molecule has 0 aliphatic heterocycles. The minimum Gasteiger partial charge on any atom is -0.490 e.